The van der Waals surface area contributed by atoms with Gasteiger partial charge in [0.25, 0.3) is 5.91 Å². The lowest BCUT2D eigenvalue weighted by Crippen LogP contribution is -2.52. The van der Waals surface area contributed by atoms with Crippen LogP contribution in [0, 0.1) is 0 Å². The molecule has 2 amide bonds. The Morgan fingerprint density at radius 1 is 1.28 bits per heavy atom. The Labute approximate surface area is 185 Å². The molecule has 3 rings (SSSR count). The van der Waals surface area contributed by atoms with Gasteiger partial charge in [0.05, 0.1) is 6.61 Å². The summed E-state index contributed by atoms with van der Waals surface area (Å²) in [5.74, 6) is -0.422. The first-order valence-corrected chi connectivity index (χ1v) is 9.96. The minimum atomic E-state index is -0.566. The minimum absolute atomic E-state index is 0. The Kier molecular flexibility index (Phi) is 11.3. The predicted octanol–water partition coefficient (Wildman–Crippen LogP) is 2.34. The van der Waals surface area contributed by atoms with Crippen LogP contribution in [0.5, 0.6) is 0 Å². The summed E-state index contributed by atoms with van der Waals surface area (Å²) >= 11 is 0. The third-order valence-electron chi connectivity index (χ3n) is 5.02. The molecule has 2 fully saturated rings. The van der Waals surface area contributed by atoms with Crippen LogP contribution in [0.25, 0.3) is 0 Å². The van der Waals surface area contributed by atoms with Crippen molar-refractivity contribution < 1.29 is 14.3 Å². The first-order chi connectivity index (χ1) is 13.2. The number of anilines is 2. The van der Waals surface area contributed by atoms with E-state index >= 15 is 0 Å². The van der Waals surface area contributed by atoms with Crippen molar-refractivity contribution >= 4 is 48.0 Å². The van der Waals surface area contributed by atoms with E-state index in [2.05, 4.69) is 26.9 Å². The monoisotopic (exact) mass is 446 g/mol. The lowest BCUT2D eigenvalue weighted by Gasteiger charge is -2.25. The van der Waals surface area contributed by atoms with Crippen LogP contribution < -0.4 is 20.9 Å². The maximum Gasteiger partial charge on any atom is 0.251 e. The van der Waals surface area contributed by atoms with Crippen LogP contribution in [0.2, 0.25) is 0 Å². The zero-order valence-electron chi connectivity index (χ0n) is 16.8. The maximum atomic E-state index is 12.8. The minimum Gasteiger partial charge on any atom is -0.371 e. The zero-order valence-corrected chi connectivity index (χ0v) is 18.4. The highest BCUT2D eigenvalue weighted by molar-refractivity contribution is 5.98. The van der Waals surface area contributed by atoms with Crippen LogP contribution >= 0.6 is 24.8 Å². The molecule has 2 heterocycles. The van der Waals surface area contributed by atoms with Gasteiger partial charge in [0.15, 0.2) is 0 Å². The molecule has 164 valence electrons. The van der Waals surface area contributed by atoms with Crippen molar-refractivity contribution in [1.29, 1.82) is 0 Å². The van der Waals surface area contributed by atoms with E-state index in [4.69, 9.17) is 4.74 Å². The molecule has 2 atom stereocenters. The summed E-state index contributed by atoms with van der Waals surface area (Å²) in [4.78, 5) is 27.5. The highest BCUT2D eigenvalue weighted by Crippen LogP contribution is 2.23. The van der Waals surface area contributed by atoms with Crippen molar-refractivity contribution in [3.63, 3.8) is 0 Å². The van der Waals surface area contributed by atoms with Gasteiger partial charge >= 0.3 is 0 Å². The number of benzene rings is 1. The van der Waals surface area contributed by atoms with Gasteiger partial charge in [-0.05, 0) is 37.5 Å². The topological polar surface area (TPSA) is 82.7 Å². The predicted molar refractivity (Wildman–Crippen MR) is 120 cm³/mol. The molecule has 0 aromatic heterocycles. The number of carbonyl (C=O) groups is 2. The molecule has 1 aromatic carbocycles. The number of halogens is 2. The number of nitrogens with zero attached hydrogens (tertiary/aromatic N) is 1. The van der Waals surface area contributed by atoms with Gasteiger partial charge in [-0.1, -0.05) is 19.4 Å². The van der Waals surface area contributed by atoms with Crippen molar-refractivity contribution in [2.45, 2.75) is 44.8 Å². The molecule has 29 heavy (non-hydrogen) atoms. The second-order valence-corrected chi connectivity index (χ2v) is 7.15. The quantitative estimate of drug-likeness (QED) is 0.598. The van der Waals surface area contributed by atoms with Gasteiger partial charge in [-0.25, -0.2) is 0 Å². The summed E-state index contributed by atoms with van der Waals surface area (Å²) < 4.78 is 5.48. The van der Waals surface area contributed by atoms with Gasteiger partial charge in [0.1, 0.15) is 12.1 Å². The molecule has 0 saturated carbocycles. The number of hydrogen-bond acceptors (Lipinski definition) is 5. The second kappa shape index (κ2) is 12.9. The SMILES string of the molecule is CCCC(NC(=O)C1CNCCO1)C(=O)Nc1cccc(N2CCCC2)c1.Cl.Cl. The molecule has 2 unspecified atom stereocenters. The van der Waals surface area contributed by atoms with Crippen molar-refractivity contribution in [2.75, 3.05) is 43.0 Å². The van der Waals surface area contributed by atoms with Crippen molar-refractivity contribution in [3.8, 4) is 0 Å². The van der Waals surface area contributed by atoms with E-state index in [1.54, 1.807) is 0 Å². The maximum absolute atomic E-state index is 12.8. The van der Waals surface area contributed by atoms with E-state index in [9.17, 15) is 9.59 Å². The first-order valence-electron chi connectivity index (χ1n) is 9.96. The molecule has 9 heteroatoms. The molecule has 0 spiro atoms. The van der Waals surface area contributed by atoms with E-state index in [0.717, 1.165) is 37.4 Å². The fraction of sp³-hybridized carbons (Fsp3) is 0.600. The Balaban J connectivity index is 0.00000210. The highest BCUT2D eigenvalue weighted by Gasteiger charge is 2.27. The fourth-order valence-corrected chi connectivity index (χ4v) is 3.54. The molecule has 0 aliphatic carbocycles. The number of amides is 2. The van der Waals surface area contributed by atoms with E-state index in [-0.39, 0.29) is 36.6 Å². The molecular formula is C20H32Cl2N4O3. The van der Waals surface area contributed by atoms with Gasteiger partial charge in [0.2, 0.25) is 5.91 Å². The lowest BCUT2D eigenvalue weighted by molar-refractivity contribution is -0.137. The molecule has 7 nitrogen and oxygen atoms in total. The number of rotatable bonds is 7. The van der Waals surface area contributed by atoms with Gasteiger partial charge in [0, 0.05) is 37.6 Å². The van der Waals surface area contributed by atoms with E-state index in [1.165, 1.54) is 12.8 Å². The molecule has 2 aliphatic rings. The molecule has 0 bridgehead atoms. The molecule has 3 N–H and O–H groups in total. The second-order valence-electron chi connectivity index (χ2n) is 7.15. The van der Waals surface area contributed by atoms with Crippen LogP contribution in [0.15, 0.2) is 24.3 Å². The smallest absolute Gasteiger partial charge is 0.251 e. The third-order valence-corrected chi connectivity index (χ3v) is 5.02. The Hall–Kier alpha value is -1.54. The molecule has 1 aromatic rings. The number of nitrogens with one attached hydrogen (secondary N) is 3. The highest BCUT2D eigenvalue weighted by atomic mass is 35.5. The number of morpholine rings is 1. The van der Waals surface area contributed by atoms with Crippen molar-refractivity contribution in [1.82, 2.24) is 10.6 Å². The van der Waals surface area contributed by atoms with E-state index in [1.807, 2.05) is 25.1 Å². The Bertz CT molecular complexity index is 650. The van der Waals surface area contributed by atoms with E-state index < -0.39 is 12.1 Å². The van der Waals surface area contributed by atoms with Crippen LogP contribution in [0.3, 0.4) is 0 Å². The van der Waals surface area contributed by atoms with Crippen LogP contribution in [0.4, 0.5) is 11.4 Å². The molecular weight excluding hydrogens is 415 g/mol. The summed E-state index contributed by atoms with van der Waals surface area (Å²) in [6.45, 7) is 5.84. The number of ether oxygens (including phenoxy) is 1. The van der Waals surface area contributed by atoms with Gasteiger partial charge in [-0.3, -0.25) is 9.59 Å². The van der Waals surface area contributed by atoms with E-state index in [0.29, 0.717) is 19.6 Å². The summed E-state index contributed by atoms with van der Waals surface area (Å²) in [5, 5.41) is 8.95. The van der Waals surface area contributed by atoms with Gasteiger partial charge < -0.3 is 25.6 Å². The summed E-state index contributed by atoms with van der Waals surface area (Å²) in [7, 11) is 0. The largest absolute Gasteiger partial charge is 0.371 e. The normalized spacial score (nSPS) is 19.5. The Morgan fingerprint density at radius 2 is 2.03 bits per heavy atom. The van der Waals surface area contributed by atoms with Crippen molar-refractivity contribution in [2.24, 2.45) is 0 Å². The first kappa shape index (κ1) is 25.5. The summed E-state index contributed by atoms with van der Waals surface area (Å²) in [6, 6.07) is 7.35. The molecule has 0 radical (unpaired) electrons. The van der Waals surface area contributed by atoms with Crippen LogP contribution in [-0.4, -0.2) is 56.7 Å². The zero-order chi connectivity index (χ0) is 19.1. The Morgan fingerprint density at radius 3 is 2.69 bits per heavy atom. The van der Waals surface area contributed by atoms with Gasteiger partial charge in [-0.2, -0.15) is 0 Å². The molecule has 2 saturated heterocycles. The number of hydrogen-bond donors (Lipinski definition) is 3. The standard InChI is InChI=1S/C20H30N4O3.2ClH/c1-2-6-17(23-20(26)18-14-21-9-12-27-18)19(25)22-15-7-5-8-16(13-15)24-10-3-4-11-24;;/h5,7-8,13,17-18,21H,2-4,6,9-12,14H2,1H3,(H,22,25)(H,23,26);2*1H. The van der Waals surface area contributed by atoms with Gasteiger partial charge in [-0.15, -0.1) is 24.8 Å². The lowest BCUT2D eigenvalue weighted by atomic mass is 10.1. The van der Waals surface area contributed by atoms with Crippen LogP contribution in [-0.2, 0) is 14.3 Å². The summed E-state index contributed by atoms with van der Waals surface area (Å²) in [6.07, 6.45) is 3.27. The summed E-state index contributed by atoms with van der Waals surface area (Å²) in [5.41, 5.74) is 1.89. The van der Waals surface area contributed by atoms with Crippen molar-refractivity contribution in [3.05, 3.63) is 24.3 Å². The number of carbonyl (C=O) groups excluding carboxylic acids is 2. The average molecular weight is 447 g/mol. The third kappa shape index (κ3) is 7.33. The van der Waals surface area contributed by atoms with Crippen LogP contribution in [0.1, 0.15) is 32.6 Å². The fourth-order valence-electron chi connectivity index (χ4n) is 3.54. The molecule has 2 aliphatic heterocycles. The average Bonchev–Trinajstić information content (AvgIpc) is 3.23.